The van der Waals surface area contributed by atoms with Crippen LogP contribution in [0.2, 0.25) is 0 Å². The molecule has 37 heavy (non-hydrogen) atoms. The first-order valence-electron chi connectivity index (χ1n) is 11.7. The maximum atomic E-state index is 13.7. The highest BCUT2D eigenvalue weighted by Crippen LogP contribution is 2.55. The van der Waals surface area contributed by atoms with Crippen LogP contribution in [-0.2, 0) is 0 Å². The molecule has 6 nitrogen and oxygen atoms in total. The predicted molar refractivity (Wildman–Crippen MR) is 154 cm³/mol. The molecular weight excluding hydrogens is 604 g/mol. The van der Waals surface area contributed by atoms with Crippen LogP contribution in [0.4, 0.5) is 0 Å². The number of carbonyl (C=O) groups excluding carboxylic acids is 2. The molecule has 196 valence electrons. The summed E-state index contributed by atoms with van der Waals surface area (Å²) in [6.07, 6.45) is 6.36. The molecule has 0 bridgehead atoms. The van der Waals surface area contributed by atoms with Crippen LogP contribution < -0.4 is 18.9 Å². The number of rotatable bonds is 7. The van der Waals surface area contributed by atoms with Crippen molar-refractivity contribution in [3.8, 4) is 28.7 Å². The molecule has 1 aliphatic rings. The summed E-state index contributed by atoms with van der Waals surface area (Å²) in [6.45, 7) is 13.7. The summed E-state index contributed by atoms with van der Waals surface area (Å²) in [6, 6.07) is 0. The van der Waals surface area contributed by atoms with Crippen LogP contribution in [0.25, 0.3) is 11.1 Å². The third-order valence-corrected chi connectivity index (χ3v) is 7.73. The molecular formula is C29H30Br2O6. The van der Waals surface area contributed by atoms with Gasteiger partial charge in [0, 0.05) is 16.7 Å². The fraction of sp³-hybridized carbons (Fsp3) is 0.310. The van der Waals surface area contributed by atoms with E-state index < -0.39 is 5.97 Å². The van der Waals surface area contributed by atoms with E-state index in [0.717, 1.165) is 16.7 Å². The SMILES string of the molecule is C/C=C(\C)c1c(Br)c(OCC=C(C)C)c(C)c2c1Oc1c(C=O)c(OC)c(Br)c(/C(C)=C/C)c1C(=O)O2. The molecule has 0 N–H and O–H groups in total. The number of aldehydes is 1. The highest BCUT2D eigenvalue weighted by atomic mass is 79.9. The lowest BCUT2D eigenvalue weighted by molar-refractivity contribution is 0.0735. The van der Waals surface area contributed by atoms with Crippen molar-refractivity contribution in [1.29, 1.82) is 0 Å². The van der Waals surface area contributed by atoms with Crippen molar-refractivity contribution in [2.75, 3.05) is 13.7 Å². The quantitative estimate of drug-likeness (QED) is 0.131. The third-order valence-electron chi connectivity index (χ3n) is 6.22. The fourth-order valence-electron chi connectivity index (χ4n) is 4.01. The van der Waals surface area contributed by atoms with E-state index in [0.29, 0.717) is 50.0 Å². The summed E-state index contributed by atoms with van der Waals surface area (Å²) in [5.74, 6) is 0.754. The molecule has 3 rings (SSSR count). The third kappa shape index (κ3) is 5.14. The van der Waals surface area contributed by atoms with Gasteiger partial charge < -0.3 is 18.9 Å². The van der Waals surface area contributed by atoms with Gasteiger partial charge in [0.1, 0.15) is 29.2 Å². The first kappa shape index (κ1) is 28.7. The van der Waals surface area contributed by atoms with Crippen molar-refractivity contribution in [2.24, 2.45) is 0 Å². The Balaban J connectivity index is 2.46. The van der Waals surface area contributed by atoms with Crippen LogP contribution in [-0.4, -0.2) is 26.0 Å². The smallest absolute Gasteiger partial charge is 0.348 e. The summed E-state index contributed by atoms with van der Waals surface area (Å²) < 4.78 is 25.3. The zero-order valence-corrected chi connectivity index (χ0v) is 25.4. The zero-order chi connectivity index (χ0) is 27.6. The first-order chi connectivity index (χ1) is 17.5. The van der Waals surface area contributed by atoms with E-state index in [1.54, 1.807) is 6.92 Å². The maximum Gasteiger partial charge on any atom is 0.348 e. The molecule has 0 atom stereocenters. The molecule has 0 aliphatic carbocycles. The van der Waals surface area contributed by atoms with Crippen LogP contribution in [0, 0.1) is 6.92 Å². The van der Waals surface area contributed by atoms with Gasteiger partial charge in [-0.25, -0.2) is 4.79 Å². The summed E-state index contributed by atoms with van der Waals surface area (Å²) in [4.78, 5) is 26.1. The van der Waals surface area contributed by atoms with Crippen LogP contribution in [0.1, 0.15) is 78.9 Å². The van der Waals surface area contributed by atoms with Gasteiger partial charge in [-0.05, 0) is 97.5 Å². The Morgan fingerprint density at radius 3 is 2.03 bits per heavy atom. The molecule has 1 heterocycles. The van der Waals surface area contributed by atoms with Crippen molar-refractivity contribution in [2.45, 2.75) is 48.5 Å². The predicted octanol–water partition coefficient (Wildman–Crippen LogP) is 8.86. The number of ether oxygens (including phenoxy) is 4. The number of methoxy groups -OCH3 is 1. The summed E-state index contributed by atoms with van der Waals surface area (Å²) in [5.41, 5.74) is 4.75. The van der Waals surface area contributed by atoms with Gasteiger partial charge in [0.2, 0.25) is 0 Å². The molecule has 0 unspecified atom stereocenters. The van der Waals surface area contributed by atoms with Crippen LogP contribution in [0.5, 0.6) is 28.7 Å². The molecule has 0 radical (unpaired) electrons. The molecule has 2 aromatic carbocycles. The van der Waals surface area contributed by atoms with E-state index in [2.05, 4.69) is 31.9 Å². The lowest BCUT2D eigenvalue weighted by atomic mass is 9.96. The fourth-order valence-corrected chi connectivity index (χ4v) is 5.80. The monoisotopic (exact) mass is 632 g/mol. The van der Waals surface area contributed by atoms with Gasteiger partial charge >= 0.3 is 5.97 Å². The van der Waals surface area contributed by atoms with Crippen molar-refractivity contribution in [3.05, 3.63) is 60.6 Å². The van der Waals surface area contributed by atoms with Gasteiger partial charge in [-0.3, -0.25) is 4.79 Å². The van der Waals surface area contributed by atoms with Crippen molar-refractivity contribution in [3.63, 3.8) is 0 Å². The number of benzene rings is 2. The van der Waals surface area contributed by atoms with Gasteiger partial charge in [-0.2, -0.15) is 0 Å². The number of allylic oxidation sites excluding steroid dienone is 5. The molecule has 0 saturated carbocycles. The Hall–Kier alpha value is -2.84. The summed E-state index contributed by atoms with van der Waals surface area (Å²) >= 11 is 7.25. The minimum Gasteiger partial charge on any atom is -0.495 e. The number of fused-ring (bicyclic) bond motifs is 2. The summed E-state index contributed by atoms with van der Waals surface area (Å²) in [7, 11) is 1.46. The van der Waals surface area contributed by atoms with Gasteiger partial charge in [-0.15, -0.1) is 0 Å². The lowest BCUT2D eigenvalue weighted by Crippen LogP contribution is -2.13. The molecule has 2 aromatic rings. The van der Waals surface area contributed by atoms with Crippen molar-refractivity contribution < 1.29 is 28.5 Å². The van der Waals surface area contributed by atoms with E-state index >= 15 is 0 Å². The van der Waals surface area contributed by atoms with E-state index in [9.17, 15) is 9.59 Å². The lowest BCUT2D eigenvalue weighted by Gasteiger charge is -2.22. The Morgan fingerprint density at radius 2 is 1.49 bits per heavy atom. The standard InChI is InChI=1S/C29H30Br2O6/c1-9-15(5)19-21-26(18(13-32)27(34-8)22(19)30)36-28-20(16(6)10-2)23(31)24(35-12-11-14(3)4)17(7)25(28)37-29(21)33/h9-11,13H,12H2,1-8H3/b15-9+,16-10+. The van der Waals surface area contributed by atoms with E-state index in [1.165, 1.54) is 7.11 Å². The minimum atomic E-state index is -0.652. The molecule has 0 fully saturated rings. The van der Waals surface area contributed by atoms with Crippen molar-refractivity contribution in [1.82, 2.24) is 0 Å². The van der Waals surface area contributed by atoms with Crippen LogP contribution in [0.3, 0.4) is 0 Å². The largest absolute Gasteiger partial charge is 0.495 e. The maximum absolute atomic E-state index is 13.7. The Kier molecular flexibility index (Phi) is 9.08. The van der Waals surface area contributed by atoms with Gasteiger partial charge in [0.25, 0.3) is 0 Å². The topological polar surface area (TPSA) is 71.1 Å². The van der Waals surface area contributed by atoms with Crippen LogP contribution >= 0.6 is 31.9 Å². The van der Waals surface area contributed by atoms with E-state index in [-0.39, 0.29) is 28.4 Å². The van der Waals surface area contributed by atoms with Gasteiger partial charge in [-0.1, -0.05) is 17.7 Å². The van der Waals surface area contributed by atoms with E-state index in [4.69, 9.17) is 18.9 Å². The Labute approximate surface area is 234 Å². The Morgan fingerprint density at radius 1 is 0.892 bits per heavy atom. The molecule has 1 aliphatic heterocycles. The normalized spacial score (nSPS) is 13.1. The summed E-state index contributed by atoms with van der Waals surface area (Å²) in [5, 5.41) is 0. The molecule has 8 heteroatoms. The van der Waals surface area contributed by atoms with Gasteiger partial charge in [0.05, 0.1) is 16.1 Å². The number of hydrogen-bond donors (Lipinski definition) is 0. The van der Waals surface area contributed by atoms with Crippen molar-refractivity contribution >= 4 is 55.3 Å². The van der Waals surface area contributed by atoms with Gasteiger partial charge in [0.15, 0.2) is 23.5 Å². The number of esters is 1. The molecule has 0 amide bonds. The average Bonchev–Trinajstić information content (AvgIpc) is 3.01. The molecule has 0 aromatic heterocycles. The zero-order valence-electron chi connectivity index (χ0n) is 22.2. The second kappa shape index (κ2) is 11.7. The van der Waals surface area contributed by atoms with Crippen LogP contribution in [0.15, 0.2) is 32.7 Å². The minimum absolute atomic E-state index is 0.0738. The highest BCUT2D eigenvalue weighted by Gasteiger charge is 2.37. The number of halogens is 2. The van der Waals surface area contributed by atoms with E-state index in [1.807, 2.05) is 59.8 Å². The molecule has 0 saturated heterocycles. The number of hydrogen-bond acceptors (Lipinski definition) is 6. The second-order valence-corrected chi connectivity index (χ2v) is 10.4. The Bertz CT molecular complexity index is 1380. The average molecular weight is 634 g/mol. The number of carbonyl (C=O) groups is 2. The molecule has 0 spiro atoms. The first-order valence-corrected chi connectivity index (χ1v) is 13.3. The second-order valence-electron chi connectivity index (χ2n) is 8.79. The highest BCUT2D eigenvalue weighted by molar-refractivity contribution is 9.11.